The molecule has 186 valence electrons. The lowest BCUT2D eigenvalue weighted by Crippen LogP contribution is -2.44. The molecule has 1 aliphatic heterocycles. The van der Waals surface area contributed by atoms with Gasteiger partial charge in [-0.3, -0.25) is 19.0 Å². The van der Waals surface area contributed by atoms with Crippen LogP contribution >= 0.6 is 11.3 Å². The number of carbonyl (C=O) groups excluding carboxylic acids is 2. The molecular weight excluding hydrogens is 468 g/mol. The zero-order valence-corrected chi connectivity index (χ0v) is 20.9. The Morgan fingerprint density at radius 1 is 1.31 bits per heavy atom. The number of anilines is 1. The fraction of sp³-hybridized carbons (Fsp3) is 0.458. The molecule has 2 amide bonds. The Kier molecular flexibility index (Phi) is 7.64. The van der Waals surface area contributed by atoms with Crippen LogP contribution in [0.5, 0.6) is 5.75 Å². The van der Waals surface area contributed by atoms with Gasteiger partial charge < -0.3 is 20.3 Å². The van der Waals surface area contributed by atoms with Gasteiger partial charge >= 0.3 is 0 Å². The van der Waals surface area contributed by atoms with Gasteiger partial charge in [-0.15, -0.1) is 0 Å². The maximum absolute atomic E-state index is 13.0. The van der Waals surface area contributed by atoms with Crippen molar-refractivity contribution >= 4 is 38.6 Å². The number of fused-ring (bicyclic) bond motifs is 1. The van der Waals surface area contributed by atoms with E-state index in [4.69, 9.17) is 4.74 Å². The van der Waals surface area contributed by atoms with E-state index < -0.39 is 0 Å². The molecule has 11 heteroatoms. The van der Waals surface area contributed by atoms with Gasteiger partial charge in [-0.2, -0.15) is 4.98 Å². The summed E-state index contributed by atoms with van der Waals surface area (Å²) < 4.78 is 6.89. The molecule has 10 nitrogen and oxygen atoms in total. The van der Waals surface area contributed by atoms with Crippen molar-refractivity contribution < 1.29 is 14.3 Å². The minimum absolute atomic E-state index is 0.0475. The molecule has 3 heterocycles. The first-order valence-corrected chi connectivity index (χ1v) is 12.5. The SMILES string of the molecule is COc1cccc(CNC(=O)Cn2cnc3nc(N4CCC[C@@H](C(=O)NC(C)C)C4)sc3c2=O)c1. The summed E-state index contributed by atoms with van der Waals surface area (Å²) in [6, 6.07) is 7.51. The van der Waals surface area contributed by atoms with Gasteiger partial charge in [0.25, 0.3) is 5.56 Å². The van der Waals surface area contributed by atoms with Crippen LogP contribution < -0.4 is 25.8 Å². The van der Waals surface area contributed by atoms with E-state index in [2.05, 4.69) is 20.6 Å². The molecule has 4 rings (SSSR count). The van der Waals surface area contributed by atoms with E-state index in [9.17, 15) is 14.4 Å². The van der Waals surface area contributed by atoms with Gasteiger partial charge in [0.05, 0.1) is 13.0 Å². The number of hydrogen-bond donors (Lipinski definition) is 2. The molecule has 1 atom stereocenters. The number of piperidine rings is 1. The molecule has 2 aromatic heterocycles. The van der Waals surface area contributed by atoms with Crippen molar-refractivity contribution in [3.8, 4) is 5.75 Å². The van der Waals surface area contributed by atoms with Crippen LogP contribution in [0, 0.1) is 5.92 Å². The van der Waals surface area contributed by atoms with Crippen LogP contribution in [-0.4, -0.2) is 52.6 Å². The maximum Gasteiger partial charge on any atom is 0.273 e. The molecule has 2 N–H and O–H groups in total. The van der Waals surface area contributed by atoms with Crippen molar-refractivity contribution in [2.75, 3.05) is 25.1 Å². The average Bonchev–Trinajstić information content (AvgIpc) is 3.30. The summed E-state index contributed by atoms with van der Waals surface area (Å²) in [5.74, 6) is 0.349. The van der Waals surface area contributed by atoms with Crippen LogP contribution in [0.15, 0.2) is 35.4 Å². The summed E-state index contributed by atoms with van der Waals surface area (Å²) >= 11 is 1.26. The van der Waals surface area contributed by atoms with E-state index in [1.165, 1.54) is 22.2 Å². The van der Waals surface area contributed by atoms with E-state index in [1.54, 1.807) is 7.11 Å². The van der Waals surface area contributed by atoms with Gasteiger partial charge in [-0.1, -0.05) is 23.5 Å². The fourth-order valence-corrected chi connectivity index (χ4v) is 5.05. The first-order chi connectivity index (χ1) is 16.8. The first kappa shape index (κ1) is 24.6. The second-order valence-electron chi connectivity index (χ2n) is 8.90. The van der Waals surface area contributed by atoms with Gasteiger partial charge in [0.15, 0.2) is 10.8 Å². The van der Waals surface area contributed by atoms with Gasteiger partial charge in [0.2, 0.25) is 11.8 Å². The van der Waals surface area contributed by atoms with Crippen molar-refractivity contribution in [3.05, 3.63) is 46.5 Å². The minimum atomic E-state index is -0.304. The molecule has 1 aliphatic rings. The highest BCUT2D eigenvalue weighted by atomic mass is 32.1. The number of benzene rings is 1. The minimum Gasteiger partial charge on any atom is -0.497 e. The first-order valence-electron chi connectivity index (χ1n) is 11.6. The Balaban J connectivity index is 1.43. The third-order valence-electron chi connectivity index (χ3n) is 5.80. The van der Waals surface area contributed by atoms with E-state index in [1.807, 2.05) is 43.0 Å². The van der Waals surface area contributed by atoms with E-state index in [-0.39, 0.29) is 35.9 Å². The predicted molar refractivity (Wildman–Crippen MR) is 135 cm³/mol. The Morgan fingerprint density at radius 3 is 2.91 bits per heavy atom. The number of hydrogen-bond acceptors (Lipinski definition) is 8. The Bertz CT molecular complexity index is 1270. The number of nitrogens with zero attached hydrogens (tertiary/aromatic N) is 4. The third-order valence-corrected chi connectivity index (χ3v) is 6.90. The second-order valence-corrected chi connectivity index (χ2v) is 9.88. The van der Waals surface area contributed by atoms with Crippen molar-refractivity contribution in [2.24, 2.45) is 5.92 Å². The molecule has 0 bridgehead atoms. The number of aromatic nitrogens is 3. The normalized spacial score (nSPS) is 15.9. The van der Waals surface area contributed by atoms with Crippen LogP contribution in [0.4, 0.5) is 5.13 Å². The molecule has 1 fully saturated rings. The molecule has 1 aromatic carbocycles. The summed E-state index contributed by atoms with van der Waals surface area (Å²) in [4.78, 5) is 48.9. The van der Waals surface area contributed by atoms with E-state index in [0.29, 0.717) is 34.3 Å². The number of carbonyl (C=O) groups is 2. The van der Waals surface area contributed by atoms with Crippen LogP contribution in [0.25, 0.3) is 10.3 Å². The van der Waals surface area contributed by atoms with Crippen LogP contribution in [0.3, 0.4) is 0 Å². The lowest BCUT2D eigenvalue weighted by molar-refractivity contribution is -0.125. The zero-order chi connectivity index (χ0) is 24.9. The van der Waals surface area contributed by atoms with Gasteiger partial charge in [0, 0.05) is 25.7 Å². The maximum atomic E-state index is 13.0. The summed E-state index contributed by atoms with van der Waals surface area (Å²) in [5.41, 5.74) is 0.950. The van der Waals surface area contributed by atoms with Crippen molar-refractivity contribution in [2.45, 2.75) is 45.8 Å². The van der Waals surface area contributed by atoms with Gasteiger partial charge in [0.1, 0.15) is 23.3 Å². The average molecular weight is 499 g/mol. The summed E-state index contributed by atoms with van der Waals surface area (Å²) in [6.07, 6.45) is 3.06. The lowest BCUT2D eigenvalue weighted by atomic mass is 9.97. The van der Waals surface area contributed by atoms with Crippen molar-refractivity contribution in [3.63, 3.8) is 0 Å². The van der Waals surface area contributed by atoms with E-state index in [0.717, 1.165) is 24.9 Å². The smallest absolute Gasteiger partial charge is 0.273 e. The summed E-state index contributed by atoms with van der Waals surface area (Å²) in [7, 11) is 1.59. The van der Waals surface area contributed by atoms with Crippen molar-refractivity contribution in [1.29, 1.82) is 0 Å². The molecule has 3 aromatic rings. The molecular formula is C24H30N6O4S. The Morgan fingerprint density at radius 2 is 2.14 bits per heavy atom. The number of thiazole rings is 1. The number of nitrogens with one attached hydrogen (secondary N) is 2. The lowest BCUT2D eigenvalue weighted by Gasteiger charge is -2.32. The molecule has 0 spiro atoms. The highest BCUT2D eigenvalue weighted by Crippen LogP contribution is 2.29. The van der Waals surface area contributed by atoms with E-state index >= 15 is 0 Å². The predicted octanol–water partition coefficient (Wildman–Crippen LogP) is 1.92. The largest absolute Gasteiger partial charge is 0.497 e. The zero-order valence-electron chi connectivity index (χ0n) is 20.1. The molecule has 35 heavy (non-hydrogen) atoms. The Hall–Kier alpha value is -3.47. The third kappa shape index (κ3) is 5.97. The summed E-state index contributed by atoms with van der Waals surface area (Å²) in [6.45, 7) is 5.40. The topological polar surface area (TPSA) is 118 Å². The molecule has 0 saturated carbocycles. The summed E-state index contributed by atoms with van der Waals surface area (Å²) in [5, 5.41) is 6.47. The number of rotatable bonds is 8. The van der Waals surface area contributed by atoms with Crippen LogP contribution in [-0.2, 0) is 22.7 Å². The highest BCUT2D eigenvalue weighted by molar-refractivity contribution is 7.22. The van der Waals surface area contributed by atoms with Crippen molar-refractivity contribution in [1.82, 2.24) is 25.2 Å². The number of methoxy groups -OCH3 is 1. The number of ether oxygens (including phenoxy) is 1. The van der Waals surface area contributed by atoms with Crippen LogP contribution in [0.1, 0.15) is 32.3 Å². The standard InChI is InChI=1S/C24H30N6O4S/c1-15(2)27-22(32)17-7-5-9-29(12-17)24-28-21-20(35-24)23(33)30(14-26-21)13-19(31)25-11-16-6-4-8-18(10-16)34-3/h4,6,8,10,14-15,17H,5,7,9,11-13H2,1-3H3,(H,25,31)(H,27,32)/t17-/m1/s1. The number of amides is 2. The molecule has 0 radical (unpaired) electrons. The Labute approximate surface area is 207 Å². The highest BCUT2D eigenvalue weighted by Gasteiger charge is 2.28. The molecule has 1 saturated heterocycles. The van der Waals surface area contributed by atoms with Gasteiger partial charge in [-0.05, 0) is 44.4 Å². The quantitative estimate of drug-likeness (QED) is 0.487. The fourth-order valence-electron chi connectivity index (χ4n) is 4.04. The molecule has 0 aliphatic carbocycles. The second kappa shape index (κ2) is 10.9. The monoisotopic (exact) mass is 498 g/mol. The van der Waals surface area contributed by atoms with Gasteiger partial charge in [-0.25, -0.2) is 4.98 Å². The van der Waals surface area contributed by atoms with Crippen LogP contribution in [0.2, 0.25) is 0 Å². The molecule has 0 unspecified atom stereocenters.